The predicted octanol–water partition coefficient (Wildman–Crippen LogP) is 2.85. The molecule has 2 rings (SSSR count). The molecule has 2 N–H and O–H groups in total. The summed E-state index contributed by atoms with van der Waals surface area (Å²) in [5.41, 5.74) is 0.436. The van der Waals surface area contributed by atoms with Gasteiger partial charge in [0.15, 0.2) is 0 Å². The molecule has 0 atom stereocenters. The summed E-state index contributed by atoms with van der Waals surface area (Å²) < 4.78 is 0. The van der Waals surface area contributed by atoms with Crippen molar-refractivity contribution in [3.8, 4) is 0 Å². The van der Waals surface area contributed by atoms with Crippen LogP contribution in [0.15, 0.2) is 30.3 Å². The topological polar surface area (TPSA) is 61.4 Å². The molecule has 0 aromatic heterocycles. The molecule has 1 aromatic carbocycles. The molecule has 1 aliphatic heterocycles. The Morgan fingerprint density at radius 3 is 2.23 bits per heavy atom. The maximum absolute atomic E-state index is 12.2. The number of urea groups is 1. The molecule has 0 bridgehead atoms. The molecule has 120 valence electrons. The van der Waals surface area contributed by atoms with Gasteiger partial charge >= 0.3 is 6.03 Å². The smallest absolute Gasteiger partial charge is 0.319 e. The third-order valence-electron chi connectivity index (χ3n) is 3.79. The largest absolute Gasteiger partial charge is 0.342 e. The van der Waals surface area contributed by atoms with Gasteiger partial charge in [-0.25, -0.2) is 4.79 Å². The van der Waals surface area contributed by atoms with Gasteiger partial charge in [0, 0.05) is 30.2 Å². The van der Waals surface area contributed by atoms with Crippen LogP contribution in [0.5, 0.6) is 0 Å². The van der Waals surface area contributed by atoms with Crippen molar-refractivity contribution in [3.05, 3.63) is 30.3 Å². The molecule has 5 nitrogen and oxygen atoms in total. The van der Waals surface area contributed by atoms with Crippen LogP contribution in [0.1, 0.15) is 33.6 Å². The van der Waals surface area contributed by atoms with Crippen molar-refractivity contribution in [2.45, 2.75) is 39.7 Å². The number of hydrogen-bond donors (Lipinski definition) is 2. The maximum Gasteiger partial charge on any atom is 0.319 e. The molecule has 5 heteroatoms. The van der Waals surface area contributed by atoms with Gasteiger partial charge in [-0.15, -0.1) is 0 Å². The van der Waals surface area contributed by atoms with E-state index >= 15 is 0 Å². The second-order valence-corrected chi connectivity index (χ2v) is 6.78. The average Bonchev–Trinajstić information content (AvgIpc) is 2.47. The number of carbonyl (C=O) groups is 2. The highest BCUT2D eigenvalue weighted by Crippen LogP contribution is 2.21. The van der Waals surface area contributed by atoms with E-state index in [0.29, 0.717) is 13.1 Å². The van der Waals surface area contributed by atoms with Crippen LogP contribution in [-0.2, 0) is 4.79 Å². The number of carbonyl (C=O) groups excluding carboxylic acids is 2. The first kappa shape index (κ1) is 16.3. The second-order valence-electron chi connectivity index (χ2n) is 6.78. The molecule has 0 spiro atoms. The lowest BCUT2D eigenvalue weighted by molar-refractivity contribution is -0.140. The minimum Gasteiger partial charge on any atom is -0.342 e. The van der Waals surface area contributed by atoms with Gasteiger partial charge in [-0.05, 0) is 25.0 Å². The first-order valence-electron chi connectivity index (χ1n) is 7.78. The molecule has 1 heterocycles. The zero-order valence-corrected chi connectivity index (χ0v) is 13.6. The number of rotatable bonds is 2. The predicted molar refractivity (Wildman–Crippen MR) is 87.7 cm³/mol. The van der Waals surface area contributed by atoms with Crippen molar-refractivity contribution in [1.29, 1.82) is 0 Å². The van der Waals surface area contributed by atoms with Gasteiger partial charge in [0.05, 0.1) is 0 Å². The summed E-state index contributed by atoms with van der Waals surface area (Å²) in [6, 6.07) is 9.30. The van der Waals surface area contributed by atoms with Crippen molar-refractivity contribution < 1.29 is 9.59 Å². The average molecular weight is 303 g/mol. The number of anilines is 1. The minimum absolute atomic E-state index is 0.118. The number of hydrogen-bond acceptors (Lipinski definition) is 2. The van der Waals surface area contributed by atoms with E-state index in [9.17, 15) is 9.59 Å². The van der Waals surface area contributed by atoms with Crippen molar-refractivity contribution in [1.82, 2.24) is 10.2 Å². The van der Waals surface area contributed by atoms with E-state index < -0.39 is 0 Å². The summed E-state index contributed by atoms with van der Waals surface area (Å²) in [7, 11) is 0. The van der Waals surface area contributed by atoms with Crippen molar-refractivity contribution >= 4 is 17.6 Å². The molecular formula is C17H25N3O2. The van der Waals surface area contributed by atoms with Crippen LogP contribution in [0.25, 0.3) is 0 Å². The van der Waals surface area contributed by atoms with Crippen LogP contribution in [0.4, 0.5) is 10.5 Å². The van der Waals surface area contributed by atoms with E-state index in [1.165, 1.54) is 0 Å². The molecule has 0 saturated carbocycles. The van der Waals surface area contributed by atoms with Gasteiger partial charge in [0.1, 0.15) is 0 Å². The summed E-state index contributed by atoms with van der Waals surface area (Å²) in [5, 5.41) is 5.79. The number of para-hydroxylation sites is 1. The highest BCUT2D eigenvalue weighted by atomic mass is 16.2. The van der Waals surface area contributed by atoms with Gasteiger partial charge in [-0.2, -0.15) is 0 Å². The Morgan fingerprint density at radius 2 is 1.68 bits per heavy atom. The van der Waals surface area contributed by atoms with E-state index in [1.807, 2.05) is 56.0 Å². The number of benzene rings is 1. The van der Waals surface area contributed by atoms with E-state index in [4.69, 9.17) is 0 Å². The highest BCUT2D eigenvalue weighted by molar-refractivity contribution is 5.89. The Kier molecular flexibility index (Phi) is 5.06. The van der Waals surface area contributed by atoms with Crippen LogP contribution in [0.3, 0.4) is 0 Å². The van der Waals surface area contributed by atoms with E-state index in [1.54, 1.807) is 0 Å². The Labute approximate surface area is 132 Å². The Bertz CT molecular complexity index is 514. The SMILES string of the molecule is CC(C)(C)C(=O)N1CCC(NC(=O)Nc2ccccc2)CC1. The number of piperidine rings is 1. The first-order valence-corrected chi connectivity index (χ1v) is 7.78. The van der Waals surface area contributed by atoms with Gasteiger partial charge in [-0.1, -0.05) is 39.0 Å². The lowest BCUT2D eigenvalue weighted by Crippen LogP contribution is -2.49. The molecule has 0 aliphatic carbocycles. The third kappa shape index (κ3) is 4.48. The zero-order chi connectivity index (χ0) is 16.2. The van der Waals surface area contributed by atoms with E-state index in [2.05, 4.69) is 10.6 Å². The van der Waals surface area contributed by atoms with Crippen molar-refractivity contribution in [2.75, 3.05) is 18.4 Å². The van der Waals surface area contributed by atoms with Crippen LogP contribution < -0.4 is 10.6 Å². The van der Waals surface area contributed by atoms with Gasteiger partial charge < -0.3 is 15.5 Å². The van der Waals surface area contributed by atoms with Gasteiger partial charge in [0.25, 0.3) is 0 Å². The summed E-state index contributed by atoms with van der Waals surface area (Å²) in [4.78, 5) is 26.1. The fraction of sp³-hybridized carbons (Fsp3) is 0.529. The van der Waals surface area contributed by atoms with Crippen molar-refractivity contribution in [3.63, 3.8) is 0 Å². The zero-order valence-electron chi connectivity index (χ0n) is 13.6. The quantitative estimate of drug-likeness (QED) is 0.882. The lowest BCUT2D eigenvalue weighted by Gasteiger charge is -2.35. The van der Waals surface area contributed by atoms with E-state index in [-0.39, 0.29) is 23.4 Å². The Balaban J connectivity index is 1.78. The number of nitrogens with zero attached hydrogens (tertiary/aromatic N) is 1. The Hall–Kier alpha value is -2.04. The first-order chi connectivity index (χ1) is 10.4. The Morgan fingerprint density at radius 1 is 1.09 bits per heavy atom. The minimum atomic E-state index is -0.342. The molecular weight excluding hydrogens is 278 g/mol. The summed E-state index contributed by atoms with van der Waals surface area (Å²) in [5.74, 6) is 0.180. The van der Waals surface area contributed by atoms with Crippen LogP contribution in [0, 0.1) is 5.41 Å². The summed E-state index contributed by atoms with van der Waals surface area (Å²) in [6.07, 6.45) is 1.59. The monoisotopic (exact) mass is 303 g/mol. The summed E-state index contributed by atoms with van der Waals surface area (Å²) >= 11 is 0. The standard InChI is InChI=1S/C17H25N3O2/c1-17(2,3)15(21)20-11-9-14(10-12-20)19-16(22)18-13-7-5-4-6-8-13/h4-8,14H,9-12H2,1-3H3,(H2,18,19,22). The summed E-state index contributed by atoms with van der Waals surface area (Å²) in [6.45, 7) is 7.21. The van der Waals surface area contributed by atoms with E-state index in [0.717, 1.165) is 18.5 Å². The third-order valence-corrected chi connectivity index (χ3v) is 3.79. The molecule has 1 fully saturated rings. The molecule has 1 aliphatic rings. The van der Waals surface area contributed by atoms with Crippen LogP contribution >= 0.6 is 0 Å². The van der Waals surface area contributed by atoms with Crippen molar-refractivity contribution in [2.24, 2.45) is 5.41 Å². The fourth-order valence-electron chi connectivity index (χ4n) is 2.58. The van der Waals surface area contributed by atoms with Crippen LogP contribution in [-0.4, -0.2) is 36.0 Å². The maximum atomic E-state index is 12.2. The second kappa shape index (κ2) is 6.81. The molecule has 0 unspecified atom stereocenters. The lowest BCUT2D eigenvalue weighted by atomic mass is 9.93. The molecule has 22 heavy (non-hydrogen) atoms. The molecule has 0 radical (unpaired) electrons. The van der Waals surface area contributed by atoms with Gasteiger partial charge in [0.2, 0.25) is 5.91 Å². The molecule has 1 aromatic rings. The number of likely N-dealkylation sites (tertiary alicyclic amines) is 1. The number of nitrogens with one attached hydrogen (secondary N) is 2. The van der Waals surface area contributed by atoms with Gasteiger partial charge in [-0.3, -0.25) is 4.79 Å². The number of amides is 3. The van der Waals surface area contributed by atoms with Crippen LogP contribution in [0.2, 0.25) is 0 Å². The normalized spacial score (nSPS) is 16.2. The highest BCUT2D eigenvalue weighted by Gasteiger charge is 2.30. The molecule has 1 saturated heterocycles. The molecule has 3 amide bonds. The fourth-order valence-corrected chi connectivity index (χ4v) is 2.58.